The van der Waals surface area contributed by atoms with Crippen LogP contribution in [-0.4, -0.2) is 60.9 Å². The van der Waals surface area contributed by atoms with Crippen LogP contribution in [0.2, 0.25) is 0 Å². The van der Waals surface area contributed by atoms with E-state index in [9.17, 15) is 4.79 Å². The number of thiocarbonyl (C=S) groups is 2. The predicted octanol–water partition coefficient (Wildman–Crippen LogP) is 12.4. The Balaban J connectivity index is 4.11. The lowest BCUT2D eigenvalue weighted by Crippen LogP contribution is -2.20. The minimum absolute atomic E-state index is 0.0400. The van der Waals surface area contributed by atoms with Gasteiger partial charge < -0.3 is 19.1 Å². The number of hydrogen-bond donors (Lipinski definition) is 0. The zero-order chi connectivity index (χ0) is 35.3. The highest BCUT2D eigenvalue weighted by atomic mass is 32.1. The van der Waals surface area contributed by atoms with E-state index in [1.165, 1.54) is 77.0 Å². The fourth-order valence-electron chi connectivity index (χ4n) is 5.57. The van der Waals surface area contributed by atoms with Gasteiger partial charge in [0.2, 0.25) is 0 Å². The molecule has 0 aliphatic rings. The average Bonchev–Trinajstić information content (AvgIpc) is 3.05. The van der Waals surface area contributed by atoms with Gasteiger partial charge in [-0.3, -0.25) is 4.79 Å². The van der Waals surface area contributed by atoms with Gasteiger partial charge in [-0.15, -0.1) is 0 Å². The van der Waals surface area contributed by atoms with Crippen LogP contribution in [0.3, 0.4) is 0 Å². The van der Waals surface area contributed by atoms with E-state index >= 15 is 0 Å². The third-order valence-corrected chi connectivity index (χ3v) is 9.21. The lowest BCUT2D eigenvalue weighted by molar-refractivity contribution is -0.150. The van der Waals surface area contributed by atoms with Crippen molar-refractivity contribution in [3.8, 4) is 0 Å². The summed E-state index contributed by atoms with van der Waals surface area (Å²) in [5.41, 5.74) is 0. The van der Waals surface area contributed by atoms with Crippen LogP contribution in [0.1, 0.15) is 181 Å². The Morgan fingerprint density at radius 2 is 1.00 bits per heavy atom. The highest BCUT2D eigenvalue weighted by Crippen LogP contribution is 2.18. The number of nitrogens with zero attached hydrogens (tertiary/aromatic N) is 1. The maximum absolute atomic E-state index is 12.5. The normalized spacial score (nSPS) is 11.7. The number of rotatable bonds is 35. The fourth-order valence-corrected chi connectivity index (χ4v) is 5.99. The average molecular weight is 710 g/mol. The van der Waals surface area contributed by atoms with E-state index in [0.717, 1.165) is 100 Å². The second-order valence-electron chi connectivity index (χ2n) is 13.6. The quantitative estimate of drug-likeness (QED) is 0.0281. The molecule has 0 saturated heterocycles. The summed E-state index contributed by atoms with van der Waals surface area (Å²) in [6, 6.07) is 0. The molecule has 7 heteroatoms. The smallest absolute Gasteiger partial charge is 0.306 e. The monoisotopic (exact) mass is 710 g/mol. The van der Waals surface area contributed by atoms with Crippen molar-refractivity contribution in [2.75, 3.05) is 33.9 Å². The number of allylic oxidation sites excluding steroid dienone is 2. The van der Waals surface area contributed by atoms with Gasteiger partial charge in [0, 0.05) is 19.3 Å². The molecule has 48 heavy (non-hydrogen) atoms. The number of ether oxygens (including phenoxy) is 3. The molecule has 0 aliphatic heterocycles. The maximum Gasteiger partial charge on any atom is 0.306 e. The third-order valence-electron chi connectivity index (χ3n) is 8.56. The van der Waals surface area contributed by atoms with Gasteiger partial charge in [0.1, 0.15) is 19.3 Å². The zero-order valence-electron chi connectivity index (χ0n) is 31.8. The molecule has 0 amide bonds. The Kier molecular flexibility index (Phi) is 35.9. The summed E-state index contributed by atoms with van der Waals surface area (Å²) in [6.07, 6.45) is 37.7. The van der Waals surface area contributed by atoms with E-state index < -0.39 is 0 Å². The van der Waals surface area contributed by atoms with E-state index in [2.05, 4.69) is 43.1 Å². The number of carbonyl (C=O) groups is 1. The Bertz CT molecular complexity index is 762. The molecule has 0 aromatic rings. The summed E-state index contributed by atoms with van der Waals surface area (Å²) in [4.78, 5) is 14.7. The van der Waals surface area contributed by atoms with Crippen LogP contribution in [0.25, 0.3) is 0 Å². The highest BCUT2D eigenvalue weighted by molar-refractivity contribution is 7.80. The SMILES string of the molecule is CCCCCC/C=C\COC(=S)CCCCCCCC(CCCCCCCC(=S)OC/C=C\CCCCCC)OC(=O)CCCN(C)C. The molecular formula is C41H75NO4S2. The predicted molar refractivity (Wildman–Crippen MR) is 215 cm³/mol. The van der Waals surface area contributed by atoms with Crippen LogP contribution in [0.4, 0.5) is 0 Å². The van der Waals surface area contributed by atoms with Gasteiger partial charge in [-0.25, -0.2) is 0 Å². The fraction of sp³-hybridized carbons (Fsp3) is 0.829. The third kappa shape index (κ3) is 36.0. The van der Waals surface area contributed by atoms with E-state index in [1.807, 2.05) is 14.1 Å². The van der Waals surface area contributed by atoms with Crippen molar-refractivity contribution < 1.29 is 19.0 Å². The Morgan fingerprint density at radius 3 is 1.46 bits per heavy atom. The van der Waals surface area contributed by atoms with Crippen molar-refractivity contribution in [1.82, 2.24) is 4.90 Å². The van der Waals surface area contributed by atoms with Gasteiger partial charge in [-0.05, 0) is 116 Å². The van der Waals surface area contributed by atoms with Crippen molar-refractivity contribution in [3.05, 3.63) is 24.3 Å². The van der Waals surface area contributed by atoms with Gasteiger partial charge in [0.15, 0.2) is 10.1 Å². The van der Waals surface area contributed by atoms with Crippen LogP contribution < -0.4 is 0 Å². The summed E-state index contributed by atoms with van der Waals surface area (Å²) in [7, 11) is 4.08. The van der Waals surface area contributed by atoms with Crippen LogP contribution in [0.5, 0.6) is 0 Å². The first-order chi connectivity index (χ1) is 23.4. The lowest BCUT2D eigenvalue weighted by Gasteiger charge is -2.18. The molecule has 0 fully saturated rings. The standard InChI is InChI=1S/C41H75NO4S2/c1-5-7-9-11-13-21-27-36-44-40(47)33-25-19-15-17-23-30-38(46-39(43)32-29-35-42(3)4)31-24-18-16-20-26-34-41(48)45-37-28-22-14-12-10-8-6-2/h21-22,27-28,38H,5-20,23-26,29-37H2,1-4H3/b27-21-,28-22-. The molecule has 5 nitrogen and oxygen atoms in total. The van der Waals surface area contributed by atoms with Crippen LogP contribution in [0.15, 0.2) is 24.3 Å². The topological polar surface area (TPSA) is 48.0 Å². The van der Waals surface area contributed by atoms with E-state index in [0.29, 0.717) is 19.6 Å². The number of esters is 1. The molecule has 0 radical (unpaired) electrons. The number of hydrogen-bond acceptors (Lipinski definition) is 7. The van der Waals surface area contributed by atoms with Gasteiger partial charge in [-0.1, -0.05) is 115 Å². The van der Waals surface area contributed by atoms with Crippen LogP contribution in [-0.2, 0) is 19.0 Å². The highest BCUT2D eigenvalue weighted by Gasteiger charge is 2.14. The summed E-state index contributed by atoms with van der Waals surface area (Å²) < 4.78 is 17.4. The minimum atomic E-state index is -0.0402. The molecule has 0 heterocycles. The Hall–Kier alpha value is -1.31. The largest absolute Gasteiger partial charge is 0.483 e. The van der Waals surface area contributed by atoms with Gasteiger partial charge in [0.05, 0.1) is 0 Å². The molecule has 0 atom stereocenters. The number of carbonyl (C=O) groups excluding carboxylic acids is 1. The molecular weight excluding hydrogens is 635 g/mol. The molecule has 0 rings (SSSR count). The van der Waals surface area contributed by atoms with Crippen LogP contribution >= 0.6 is 24.4 Å². The molecule has 0 unspecified atom stereocenters. The number of unbranched alkanes of at least 4 members (excludes halogenated alkanes) is 16. The van der Waals surface area contributed by atoms with Gasteiger partial charge in [0.25, 0.3) is 0 Å². The molecule has 0 aromatic carbocycles. The Morgan fingerprint density at radius 1 is 0.562 bits per heavy atom. The zero-order valence-corrected chi connectivity index (χ0v) is 33.4. The van der Waals surface area contributed by atoms with Gasteiger partial charge >= 0.3 is 5.97 Å². The lowest BCUT2D eigenvalue weighted by atomic mass is 10.0. The molecule has 0 bridgehead atoms. The first kappa shape index (κ1) is 46.7. The summed E-state index contributed by atoms with van der Waals surface area (Å²) in [5, 5.41) is 1.47. The maximum atomic E-state index is 12.5. The molecule has 0 saturated carbocycles. The second-order valence-corrected chi connectivity index (χ2v) is 14.5. The van der Waals surface area contributed by atoms with E-state index in [4.69, 9.17) is 38.6 Å². The minimum Gasteiger partial charge on any atom is -0.483 e. The second kappa shape index (κ2) is 37.0. The van der Waals surface area contributed by atoms with Crippen molar-refractivity contribution in [2.24, 2.45) is 0 Å². The molecule has 0 aliphatic carbocycles. The van der Waals surface area contributed by atoms with E-state index in [1.54, 1.807) is 0 Å². The summed E-state index contributed by atoms with van der Waals surface area (Å²) in [6.45, 7) is 6.59. The molecule has 0 N–H and O–H groups in total. The molecule has 280 valence electrons. The van der Waals surface area contributed by atoms with Crippen molar-refractivity contribution >= 4 is 40.5 Å². The molecule has 0 spiro atoms. The molecule has 0 aromatic heterocycles. The van der Waals surface area contributed by atoms with E-state index in [-0.39, 0.29) is 12.1 Å². The van der Waals surface area contributed by atoms with Crippen molar-refractivity contribution in [1.29, 1.82) is 0 Å². The first-order valence-corrected chi connectivity index (χ1v) is 20.7. The van der Waals surface area contributed by atoms with Crippen LogP contribution in [0, 0.1) is 0 Å². The first-order valence-electron chi connectivity index (χ1n) is 19.8. The Labute approximate surface area is 308 Å². The van der Waals surface area contributed by atoms with Crippen molar-refractivity contribution in [2.45, 2.75) is 187 Å². The summed E-state index contributed by atoms with van der Waals surface area (Å²) in [5.74, 6) is -0.0402. The van der Waals surface area contributed by atoms with Gasteiger partial charge in [-0.2, -0.15) is 0 Å². The van der Waals surface area contributed by atoms with Crippen molar-refractivity contribution in [3.63, 3.8) is 0 Å². The summed E-state index contributed by atoms with van der Waals surface area (Å²) >= 11 is 10.8.